The summed E-state index contributed by atoms with van der Waals surface area (Å²) in [6.07, 6.45) is 3.55. The van der Waals surface area contributed by atoms with E-state index >= 15 is 0 Å². The topological polar surface area (TPSA) is 55.2 Å². The number of benzene rings is 2. The molecule has 0 aliphatic carbocycles. The zero-order valence-electron chi connectivity index (χ0n) is 16.2. The van der Waals surface area contributed by atoms with E-state index in [9.17, 15) is 8.42 Å². The lowest BCUT2D eigenvalue weighted by Gasteiger charge is -2.26. The molecule has 0 bridgehead atoms. The van der Waals surface area contributed by atoms with Crippen LogP contribution < -0.4 is 0 Å². The molecule has 0 amide bonds. The summed E-state index contributed by atoms with van der Waals surface area (Å²) in [5, 5.41) is 0.671. The predicted molar refractivity (Wildman–Crippen MR) is 112 cm³/mol. The largest absolute Gasteiger partial charge is 0.329 e. The number of sulfonamides is 1. The van der Waals surface area contributed by atoms with E-state index in [-0.39, 0.29) is 12.6 Å². The Bertz CT molecular complexity index is 1040. The van der Waals surface area contributed by atoms with Gasteiger partial charge in [0.1, 0.15) is 5.82 Å². The molecule has 0 radical (unpaired) electrons. The van der Waals surface area contributed by atoms with Crippen LogP contribution in [0.4, 0.5) is 0 Å². The van der Waals surface area contributed by atoms with Gasteiger partial charge in [0.05, 0.1) is 11.4 Å². The first-order valence-electron chi connectivity index (χ1n) is 9.10. The zero-order valence-corrected chi connectivity index (χ0v) is 17.8. The van der Waals surface area contributed by atoms with Crippen molar-refractivity contribution in [3.05, 3.63) is 82.9 Å². The number of aromatic nitrogens is 2. The Morgan fingerprint density at radius 1 is 1.14 bits per heavy atom. The van der Waals surface area contributed by atoms with Crippen LogP contribution in [0.15, 0.2) is 65.8 Å². The minimum absolute atomic E-state index is 0.196. The van der Waals surface area contributed by atoms with Crippen LogP contribution in [0.2, 0.25) is 5.02 Å². The lowest BCUT2D eigenvalue weighted by molar-refractivity contribution is 0.336. The van der Waals surface area contributed by atoms with Gasteiger partial charge in [0.15, 0.2) is 0 Å². The molecule has 0 unspecified atom stereocenters. The van der Waals surface area contributed by atoms with Crippen molar-refractivity contribution in [2.45, 2.75) is 44.8 Å². The summed E-state index contributed by atoms with van der Waals surface area (Å²) < 4.78 is 29.8. The molecule has 0 saturated heterocycles. The van der Waals surface area contributed by atoms with Gasteiger partial charge in [-0.1, -0.05) is 41.4 Å². The number of halogens is 1. The van der Waals surface area contributed by atoms with E-state index in [0.29, 0.717) is 22.3 Å². The fourth-order valence-corrected chi connectivity index (χ4v) is 4.80. The summed E-state index contributed by atoms with van der Waals surface area (Å²) in [6.45, 7) is 6.45. The Kier molecular flexibility index (Phi) is 6.23. The molecule has 0 fully saturated rings. The van der Waals surface area contributed by atoms with E-state index in [1.54, 1.807) is 18.3 Å². The van der Waals surface area contributed by atoms with E-state index in [4.69, 9.17) is 11.6 Å². The lowest BCUT2D eigenvalue weighted by Crippen LogP contribution is -2.37. The standard InChI is InChI=1S/C21H24ClN3O2S/c1-16(2)25(28(26,27)20-9-7-17(3)8-10-20)15-21-23-11-12-24(21)14-18-5-4-6-19(22)13-18/h4-13,16H,14-15H2,1-3H3. The van der Waals surface area contributed by atoms with Crippen molar-refractivity contribution >= 4 is 21.6 Å². The Morgan fingerprint density at radius 2 is 1.86 bits per heavy atom. The molecule has 2 aromatic carbocycles. The van der Waals surface area contributed by atoms with Crippen LogP contribution in [0.5, 0.6) is 0 Å². The summed E-state index contributed by atoms with van der Waals surface area (Å²) >= 11 is 6.08. The van der Waals surface area contributed by atoms with Gasteiger partial charge in [0.25, 0.3) is 0 Å². The van der Waals surface area contributed by atoms with Gasteiger partial charge in [-0.15, -0.1) is 0 Å². The molecule has 0 spiro atoms. The van der Waals surface area contributed by atoms with Crippen molar-refractivity contribution < 1.29 is 8.42 Å². The van der Waals surface area contributed by atoms with Crippen LogP contribution in [0.1, 0.15) is 30.8 Å². The molecule has 7 heteroatoms. The Morgan fingerprint density at radius 3 is 2.50 bits per heavy atom. The molecule has 0 N–H and O–H groups in total. The molecule has 3 rings (SSSR count). The predicted octanol–water partition coefficient (Wildman–Crippen LogP) is 4.49. The number of imidazole rings is 1. The summed E-state index contributed by atoms with van der Waals surface area (Å²) in [7, 11) is -3.63. The van der Waals surface area contributed by atoms with E-state index in [1.807, 2.05) is 67.9 Å². The van der Waals surface area contributed by atoms with E-state index < -0.39 is 10.0 Å². The number of rotatable bonds is 7. The fourth-order valence-electron chi connectivity index (χ4n) is 3.00. The third-order valence-corrected chi connectivity index (χ3v) is 6.82. The molecule has 1 heterocycles. The van der Waals surface area contributed by atoms with Gasteiger partial charge >= 0.3 is 0 Å². The maximum absolute atomic E-state index is 13.2. The maximum Gasteiger partial charge on any atom is 0.243 e. The molecule has 0 saturated carbocycles. The van der Waals surface area contributed by atoms with Crippen molar-refractivity contribution in [1.82, 2.24) is 13.9 Å². The van der Waals surface area contributed by atoms with Crippen molar-refractivity contribution in [3.8, 4) is 0 Å². The summed E-state index contributed by atoms with van der Waals surface area (Å²) in [6, 6.07) is 14.3. The van der Waals surface area contributed by atoms with Crippen LogP contribution in [0, 0.1) is 6.92 Å². The first-order chi connectivity index (χ1) is 13.3. The number of hydrogen-bond donors (Lipinski definition) is 0. The molecular weight excluding hydrogens is 394 g/mol. The molecule has 5 nitrogen and oxygen atoms in total. The molecule has 0 aliphatic rings. The van der Waals surface area contributed by atoms with Crippen molar-refractivity contribution in [1.29, 1.82) is 0 Å². The molecule has 1 aromatic heterocycles. The Balaban J connectivity index is 1.88. The molecular formula is C21H24ClN3O2S. The highest BCUT2D eigenvalue weighted by molar-refractivity contribution is 7.89. The van der Waals surface area contributed by atoms with Gasteiger partial charge in [0.2, 0.25) is 10.0 Å². The zero-order chi connectivity index (χ0) is 20.3. The molecule has 148 valence electrons. The van der Waals surface area contributed by atoms with Crippen LogP contribution >= 0.6 is 11.6 Å². The second kappa shape index (κ2) is 8.47. The third kappa shape index (κ3) is 4.63. The minimum atomic E-state index is -3.63. The SMILES string of the molecule is Cc1ccc(S(=O)(=O)N(Cc2nccn2Cc2cccc(Cl)c2)C(C)C)cc1. The molecule has 28 heavy (non-hydrogen) atoms. The minimum Gasteiger partial charge on any atom is -0.329 e. The second-order valence-corrected chi connectivity index (χ2v) is 9.39. The van der Waals surface area contributed by atoms with Gasteiger partial charge in [-0.2, -0.15) is 4.31 Å². The van der Waals surface area contributed by atoms with Crippen molar-refractivity contribution in [2.75, 3.05) is 0 Å². The summed E-state index contributed by atoms with van der Waals surface area (Å²) in [5.74, 6) is 0.685. The van der Waals surface area contributed by atoms with Crippen molar-refractivity contribution in [2.24, 2.45) is 0 Å². The van der Waals surface area contributed by atoms with Crippen LogP contribution in [0.3, 0.4) is 0 Å². The first-order valence-corrected chi connectivity index (χ1v) is 10.9. The Hall–Kier alpha value is -2.15. The highest BCUT2D eigenvalue weighted by Gasteiger charge is 2.28. The van der Waals surface area contributed by atoms with Gasteiger partial charge in [-0.05, 0) is 50.6 Å². The average Bonchev–Trinajstić information content (AvgIpc) is 3.06. The van der Waals surface area contributed by atoms with Gasteiger partial charge in [0, 0.05) is 30.0 Å². The highest BCUT2D eigenvalue weighted by atomic mass is 35.5. The first kappa shape index (κ1) is 20.6. The quantitative estimate of drug-likeness (QED) is 0.569. The van der Waals surface area contributed by atoms with E-state index in [0.717, 1.165) is 11.1 Å². The highest BCUT2D eigenvalue weighted by Crippen LogP contribution is 2.22. The van der Waals surface area contributed by atoms with Crippen LogP contribution in [-0.4, -0.2) is 28.3 Å². The third-order valence-electron chi connectivity index (χ3n) is 4.54. The van der Waals surface area contributed by atoms with Gasteiger partial charge in [-0.25, -0.2) is 13.4 Å². The number of nitrogens with zero attached hydrogens (tertiary/aromatic N) is 3. The fraction of sp³-hybridized carbons (Fsp3) is 0.286. The maximum atomic E-state index is 13.2. The molecule has 3 aromatic rings. The summed E-state index contributed by atoms with van der Waals surface area (Å²) in [5.41, 5.74) is 2.05. The smallest absolute Gasteiger partial charge is 0.243 e. The molecule has 0 aliphatic heterocycles. The number of aryl methyl sites for hydroxylation is 1. The number of hydrogen-bond acceptors (Lipinski definition) is 3. The van der Waals surface area contributed by atoms with E-state index in [2.05, 4.69) is 4.98 Å². The molecule has 0 atom stereocenters. The average molecular weight is 418 g/mol. The summed E-state index contributed by atoms with van der Waals surface area (Å²) in [4.78, 5) is 4.69. The second-order valence-electron chi connectivity index (χ2n) is 7.06. The normalized spacial score (nSPS) is 12.1. The van der Waals surface area contributed by atoms with Crippen LogP contribution in [0.25, 0.3) is 0 Å². The van der Waals surface area contributed by atoms with E-state index in [1.165, 1.54) is 4.31 Å². The monoisotopic (exact) mass is 417 g/mol. The lowest BCUT2D eigenvalue weighted by atomic mass is 10.2. The Labute approximate surface area is 171 Å². The van der Waals surface area contributed by atoms with Crippen LogP contribution in [-0.2, 0) is 23.1 Å². The van der Waals surface area contributed by atoms with Gasteiger partial charge < -0.3 is 4.57 Å². The van der Waals surface area contributed by atoms with Crippen molar-refractivity contribution in [3.63, 3.8) is 0 Å². The van der Waals surface area contributed by atoms with Gasteiger partial charge in [-0.3, -0.25) is 0 Å².